The fourth-order valence-corrected chi connectivity index (χ4v) is 2.53. The second-order valence-electron chi connectivity index (χ2n) is 6.15. The molecule has 0 heterocycles. The molecular formula is C19H38O3. The van der Waals surface area contributed by atoms with Gasteiger partial charge in [0.2, 0.25) is 0 Å². The Morgan fingerprint density at radius 2 is 1.23 bits per heavy atom. The van der Waals surface area contributed by atoms with Crippen LogP contribution in [0, 0.1) is 0 Å². The van der Waals surface area contributed by atoms with Crippen molar-refractivity contribution >= 4 is 5.97 Å². The first-order valence-electron chi connectivity index (χ1n) is 9.50. The Morgan fingerprint density at radius 3 is 1.68 bits per heavy atom. The fourth-order valence-electron chi connectivity index (χ4n) is 2.53. The Hall–Kier alpha value is -0.570. The summed E-state index contributed by atoms with van der Waals surface area (Å²) in [6, 6.07) is 0. The average Bonchev–Trinajstić information content (AvgIpc) is 2.51. The van der Waals surface area contributed by atoms with Gasteiger partial charge in [-0.05, 0) is 20.3 Å². The second-order valence-corrected chi connectivity index (χ2v) is 6.15. The van der Waals surface area contributed by atoms with E-state index in [-0.39, 0.29) is 5.97 Å². The first-order valence-corrected chi connectivity index (χ1v) is 9.50. The molecule has 0 fully saturated rings. The Balaban J connectivity index is 3.15. The van der Waals surface area contributed by atoms with E-state index in [0.717, 1.165) is 6.42 Å². The molecule has 0 aliphatic heterocycles. The molecule has 0 saturated heterocycles. The third-order valence-corrected chi connectivity index (χ3v) is 3.98. The molecule has 0 aromatic carbocycles. The highest BCUT2D eigenvalue weighted by atomic mass is 16.6. The van der Waals surface area contributed by atoms with Crippen molar-refractivity contribution in [1.29, 1.82) is 0 Å². The van der Waals surface area contributed by atoms with Crippen LogP contribution >= 0.6 is 0 Å². The maximum atomic E-state index is 11.3. The second kappa shape index (κ2) is 16.8. The summed E-state index contributed by atoms with van der Waals surface area (Å²) >= 11 is 0. The van der Waals surface area contributed by atoms with Crippen molar-refractivity contribution in [2.24, 2.45) is 0 Å². The zero-order valence-electron chi connectivity index (χ0n) is 15.2. The van der Waals surface area contributed by atoms with Crippen LogP contribution in [0.4, 0.5) is 0 Å². The molecule has 3 heteroatoms. The van der Waals surface area contributed by atoms with Crippen LogP contribution in [0.2, 0.25) is 0 Å². The van der Waals surface area contributed by atoms with Gasteiger partial charge in [-0.2, -0.15) is 0 Å². The summed E-state index contributed by atoms with van der Waals surface area (Å²) in [7, 11) is 0. The van der Waals surface area contributed by atoms with Crippen LogP contribution in [0.15, 0.2) is 0 Å². The summed E-state index contributed by atoms with van der Waals surface area (Å²) in [6.07, 6.45) is 15.6. The number of esters is 1. The van der Waals surface area contributed by atoms with Gasteiger partial charge in [0.1, 0.15) is 0 Å². The lowest BCUT2D eigenvalue weighted by atomic mass is 10.1. The summed E-state index contributed by atoms with van der Waals surface area (Å²) in [5.74, 6) is -0.249. The van der Waals surface area contributed by atoms with E-state index in [1.54, 1.807) is 6.92 Å². The number of carbonyl (C=O) groups is 1. The molecule has 0 N–H and O–H groups in total. The molecule has 22 heavy (non-hydrogen) atoms. The maximum absolute atomic E-state index is 11.3. The van der Waals surface area contributed by atoms with E-state index in [0.29, 0.717) is 13.2 Å². The van der Waals surface area contributed by atoms with Crippen molar-refractivity contribution in [2.75, 3.05) is 13.2 Å². The first kappa shape index (κ1) is 21.4. The van der Waals surface area contributed by atoms with Gasteiger partial charge in [-0.25, -0.2) is 4.79 Å². The van der Waals surface area contributed by atoms with Gasteiger partial charge < -0.3 is 9.47 Å². The van der Waals surface area contributed by atoms with E-state index < -0.39 is 6.10 Å². The SMILES string of the molecule is CCCCCCCCCCCCCCOC(C)C(=O)OCC. The molecule has 0 radical (unpaired) electrons. The topological polar surface area (TPSA) is 35.5 Å². The van der Waals surface area contributed by atoms with Gasteiger partial charge in [0.25, 0.3) is 0 Å². The zero-order chi connectivity index (χ0) is 16.5. The minimum Gasteiger partial charge on any atom is -0.464 e. The highest BCUT2D eigenvalue weighted by Gasteiger charge is 2.13. The van der Waals surface area contributed by atoms with E-state index in [4.69, 9.17) is 9.47 Å². The molecule has 1 unspecified atom stereocenters. The van der Waals surface area contributed by atoms with Crippen molar-refractivity contribution in [3.8, 4) is 0 Å². The van der Waals surface area contributed by atoms with Crippen LogP contribution in [-0.4, -0.2) is 25.3 Å². The first-order chi connectivity index (χ1) is 10.7. The number of hydrogen-bond acceptors (Lipinski definition) is 3. The van der Waals surface area contributed by atoms with E-state index in [2.05, 4.69) is 6.92 Å². The normalized spacial score (nSPS) is 12.3. The largest absolute Gasteiger partial charge is 0.464 e. The molecule has 1 atom stereocenters. The molecule has 0 bridgehead atoms. The molecule has 0 spiro atoms. The molecule has 3 nitrogen and oxygen atoms in total. The smallest absolute Gasteiger partial charge is 0.334 e. The molecule has 0 saturated carbocycles. The fraction of sp³-hybridized carbons (Fsp3) is 0.947. The third kappa shape index (κ3) is 14.4. The van der Waals surface area contributed by atoms with Crippen molar-refractivity contribution in [3.05, 3.63) is 0 Å². The van der Waals surface area contributed by atoms with E-state index in [1.807, 2.05) is 6.92 Å². The molecule has 0 aliphatic carbocycles. The van der Waals surface area contributed by atoms with E-state index >= 15 is 0 Å². The molecule has 0 aliphatic rings. The van der Waals surface area contributed by atoms with Crippen molar-refractivity contribution in [3.63, 3.8) is 0 Å². The van der Waals surface area contributed by atoms with Crippen LogP contribution < -0.4 is 0 Å². The summed E-state index contributed by atoms with van der Waals surface area (Å²) in [5.41, 5.74) is 0. The van der Waals surface area contributed by atoms with Crippen LogP contribution in [-0.2, 0) is 14.3 Å². The minimum atomic E-state index is -0.423. The molecule has 0 aromatic heterocycles. The number of rotatable bonds is 16. The van der Waals surface area contributed by atoms with Crippen LogP contribution in [0.3, 0.4) is 0 Å². The predicted octanol–water partition coefficient (Wildman–Crippen LogP) is 5.66. The number of unbranched alkanes of at least 4 members (excludes halogenated alkanes) is 11. The molecular weight excluding hydrogens is 276 g/mol. The van der Waals surface area contributed by atoms with Gasteiger partial charge in [0.15, 0.2) is 6.10 Å². The van der Waals surface area contributed by atoms with Gasteiger partial charge in [-0.15, -0.1) is 0 Å². The Morgan fingerprint density at radius 1 is 0.773 bits per heavy atom. The summed E-state index contributed by atoms with van der Waals surface area (Å²) in [6.45, 7) is 6.93. The van der Waals surface area contributed by atoms with E-state index in [1.165, 1.54) is 70.6 Å². The van der Waals surface area contributed by atoms with Crippen molar-refractivity contribution in [1.82, 2.24) is 0 Å². The Kier molecular flexibility index (Phi) is 16.4. The molecule has 0 amide bonds. The van der Waals surface area contributed by atoms with Crippen molar-refractivity contribution in [2.45, 2.75) is 104 Å². The lowest BCUT2D eigenvalue weighted by molar-refractivity contribution is -0.155. The lowest BCUT2D eigenvalue weighted by Crippen LogP contribution is -2.23. The lowest BCUT2D eigenvalue weighted by Gasteiger charge is -2.11. The standard InChI is InChI=1S/C19H38O3/c1-4-6-7-8-9-10-11-12-13-14-15-16-17-22-18(3)19(20)21-5-2/h18H,4-17H2,1-3H3. The third-order valence-electron chi connectivity index (χ3n) is 3.98. The molecule has 132 valence electrons. The number of ether oxygens (including phenoxy) is 2. The van der Waals surface area contributed by atoms with Crippen LogP contribution in [0.1, 0.15) is 97.8 Å². The quantitative estimate of drug-likeness (QED) is 0.272. The Bertz CT molecular complexity index is 241. The number of hydrogen-bond donors (Lipinski definition) is 0. The van der Waals surface area contributed by atoms with Gasteiger partial charge in [-0.3, -0.25) is 0 Å². The van der Waals surface area contributed by atoms with Crippen LogP contribution in [0.25, 0.3) is 0 Å². The highest BCUT2D eigenvalue weighted by Crippen LogP contribution is 2.12. The minimum absolute atomic E-state index is 0.249. The summed E-state index contributed by atoms with van der Waals surface area (Å²) in [4.78, 5) is 11.3. The predicted molar refractivity (Wildman–Crippen MR) is 93.1 cm³/mol. The van der Waals surface area contributed by atoms with Crippen molar-refractivity contribution < 1.29 is 14.3 Å². The summed E-state index contributed by atoms with van der Waals surface area (Å²) in [5, 5.41) is 0. The summed E-state index contributed by atoms with van der Waals surface area (Å²) < 4.78 is 10.4. The highest BCUT2D eigenvalue weighted by molar-refractivity contribution is 5.74. The van der Waals surface area contributed by atoms with E-state index in [9.17, 15) is 4.79 Å². The zero-order valence-corrected chi connectivity index (χ0v) is 15.2. The van der Waals surface area contributed by atoms with Gasteiger partial charge in [0, 0.05) is 6.61 Å². The maximum Gasteiger partial charge on any atom is 0.334 e. The van der Waals surface area contributed by atoms with Gasteiger partial charge in [-0.1, -0.05) is 77.6 Å². The monoisotopic (exact) mass is 314 g/mol. The van der Waals surface area contributed by atoms with Crippen LogP contribution in [0.5, 0.6) is 0 Å². The molecule has 0 rings (SSSR count). The average molecular weight is 315 g/mol. The van der Waals surface area contributed by atoms with Gasteiger partial charge in [0.05, 0.1) is 6.61 Å². The number of carbonyl (C=O) groups excluding carboxylic acids is 1. The molecule has 0 aromatic rings. The van der Waals surface area contributed by atoms with Gasteiger partial charge >= 0.3 is 5.97 Å². The Labute approximate surface area is 138 Å².